The van der Waals surface area contributed by atoms with Crippen LogP contribution in [0.15, 0.2) is 18.2 Å². The van der Waals surface area contributed by atoms with E-state index in [0.29, 0.717) is 6.54 Å². The van der Waals surface area contributed by atoms with Crippen LogP contribution >= 0.6 is 0 Å². The first kappa shape index (κ1) is 17.4. The molecule has 0 aliphatic rings. The predicted octanol–water partition coefficient (Wildman–Crippen LogP) is 2.74. The van der Waals surface area contributed by atoms with Crippen LogP contribution in [0.5, 0.6) is 5.75 Å². The Kier molecular flexibility index (Phi) is 7.15. The summed E-state index contributed by atoms with van der Waals surface area (Å²) in [7, 11) is 1.69. The maximum atomic E-state index is 14.0. The van der Waals surface area contributed by atoms with Crippen molar-refractivity contribution in [3.8, 4) is 5.75 Å². The number of carbonyl (C=O) groups excluding carboxylic acids is 1. The molecule has 0 aromatic heterocycles. The van der Waals surface area contributed by atoms with E-state index in [1.165, 1.54) is 11.0 Å². The lowest BCUT2D eigenvalue weighted by atomic mass is 10.1. The highest BCUT2D eigenvalue weighted by Crippen LogP contribution is 2.22. The van der Waals surface area contributed by atoms with Gasteiger partial charge >= 0.3 is 0 Å². The molecule has 0 saturated heterocycles. The van der Waals surface area contributed by atoms with Crippen molar-refractivity contribution >= 4 is 5.91 Å². The van der Waals surface area contributed by atoms with Gasteiger partial charge in [0.1, 0.15) is 0 Å². The van der Waals surface area contributed by atoms with Gasteiger partial charge in [-0.1, -0.05) is 13.0 Å². The van der Waals surface area contributed by atoms with Gasteiger partial charge in [0.2, 0.25) is 0 Å². The lowest BCUT2D eigenvalue weighted by Crippen LogP contribution is -2.31. The Bertz CT molecular complexity index is 466. The molecule has 1 aromatic rings. The fourth-order valence-electron chi connectivity index (χ4n) is 1.81. The smallest absolute Gasteiger partial charge is 0.260 e. The summed E-state index contributed by atoms with van der Waals surface area (Å²) < 4.78 is 19.2. The molecule has 0 heterocycles. The monoisotopic (exact) mass is 296 g/mol. The molecule has 0 radical (unpaired) electrons. The Morgan fingerprint density at radius 3 is 2.71 bits per heavy atom. The van der Waals surface area contributed by atoms with Gasteiger partial charge in [-0.15, -0.1) is 0 Å². The zero-order chi connectivity index (χ0) is 15.8. The van der Waals surface area contributed by atoms with Crippen LogP contribution in [0.3, 0.4) is 0 Å². The van der Waals surface area contributed by atoms with Gasteiger partial charge in [0.05, 0.1) is 0 Å². The molecule has 1 amide bonds. The maximum absolute atomic E-state index is 14.0. The van der Waals surface area contributed by atoms with Crippen LogP contribution in [0.25, 0.3) is 0 Å². The van der Waals surface area contributed by atoms with Gasteiger partial charge in [0.25, 0.3) is 5.91 Å². The van der Waals surface area contributed by atoms with Crippen molar-refractivity contribution in [1.29, 1.82) is 0 Å². The summed E-state index contributed by atoms with van der Waals surface area (Å²) in [5.41, 5.74) is 0.866. The number of nitrogens with one attached hydrogen (secondary N) is 1. The van der Waals surface area contributed by atoms with Crippen molar-refractivity contribution in [1.82, 2.24) is 10.2 Å². The third-order valence-electron chi connectivity index (χ3n) is 3.41. The van der Waals surface area contributed by atoms with Gasteiger partial charge in [-0.05, 0) is 44.5 Å². The first-order valence-electron chi connectivity index (χ1n) is 7.39. The minimum atomic E-state index is -0.440. The van der Waals surface area contributed by atoms with Crippen LogP contribution in [0.2, 0.25) is 0 Å². The maximum Gasteiger partial charge on any atom is 0.260 e. The Balaban J connectivity index is 2.64. The van der Waals surface area contributed by atoms with E-state index < -0.39 is 5.82 Å². The SMILES string of the molecule is CCCNC(C)c1ccc(OCC(=O)N(C)CC)c(F)c1. The molecule has 0 fully saturated rings. The van der Waals surface area contributed by atoms with Crippen LogP contribution in [0.1, 0.15) is 38.8 Å². The number of benzene rings is 1. The number of nitrogens with zero attached hydrogens (tertiary/aromatic N) is 1. The number of amides is 1. The van der Waals surface area contributed by atoms with Crippen molar-refractivity contribution in [3.05, 3.63) is 29.6 Å². The summed E-state index contributed by atoms with van der Waals surface area (Å²) in [4.78, 5) is 13.2. The van der Waals surface area contributed by atoms with E-state index in [1.807, 2.05) is 19.9 Å². The van der Waals surface area contributed by atoms with Gasteiger partial charge in [0.15, 0.2) is 18.2 Å². The van der Waals surface area contributed by atoms with Crippen molar-refractivity contribution < 1.29 is 13.9 Å². The van der Waals surface area contributed by atoms with Crippen LogP contribution in [0, 0.1) is 5.82 Å². The lowest BCUT2D eigenvalue weighted by molar-refractivity contribution is -0.131. The molecule has 0 spiro atoms. The molecule has 0 saturated carbocycles. The van der Waals surface area contributed by atoms with Crippen LogP contribution in [0.4, 0.5) is 4.39 Å². The molecule has 1 aromatic carbocycles. The topological polar surface area (TPSA) is 41.6 Å². The molecule has 1 rings (SSSR count). The molecule has 0 aliphatic carbocycles. The van der Waals surface area contributed by atoms with E-state index in [1.54, 1.807) is 13.1 Å². The number of hydrogen-bond acceptors (Lipinski definition) is 3. The fraction of sp³-hybridized carbons (Fsp3) is 0.562. The summed E-state index contributed by atoms with van der Waals surface area (Å²) in [6.45, 7) is 7.29. The second-order valence-corrected chi connectivity index (χ2v) is 5.06. The van der Waals surface area contributed by atoms with E-state index in [2.05, 4.69) is 12.2 Å². The molecule has 1 unspecified atom stereocenters. The molecule has 1 atom stereocenters. The molecule has 118 valence electrons. The Hall–Kier alpha value is -1.62. The van der Waals surface area contributed by atoms with Crippen molar-refractivity contribution in [3.63, 3.8) is 0 Å². The van der Waals surface area contributed by atoms with E-state index >= 15 is 0 Å². The summed E-state index contributed by atoms with van der Waals surface area (Å²) in [5.74, 6) is -0.497. The van der Waals surface area contributed by atoms with Crippen molar-refractivity contribution in [2.75, 3.05) is 26.7 Å². The number of hydrogen-bond donors (Lipinski definition) is 1. The largest absolute Gasteiger partial charge is 0.481 e. The molecule has 4 nitrogen and oxygen atoms in total. The number of likely N-dealkylation sites (N-methyl/N-ethyl adjacent to an activating group) is 1. The molecule has 5 heteroatoms. The number of carbonyl (C=O) groups is 1. The quantitative estimate of drug-likeness (QED) is 0.802. The minimum absolute atomic E-state index is 0.0846. The van der Waals surface area contributed by atoms with Crippen molar-refractivity contribution in [2.45, 2.75) is 33.2 Å². The third-order valence-corrected chi connectivity index (χ3v) is 3.41. The van der Waals surface area contributed by atoms with Gasteiger partial charge in [0, 0.05) is 19.6 Å². The average molecular weight is 296 g/mol. The highest BCUT2D eigenvalue weighted by atomic mass is 19.1. The van der Waals surface area contributed by atoms with Crippen molar-refractivity contribution in [2.24, 2.45) is 0 Å². The average Bonchev–Trinajstić information content (AvgIpc) is 2.50. The predicted molar refractivity (Wildman–Crippen MR) is 81.9 cm³/mol. The van der Waals surface area contributed by atoms with E-state index in [-0.39, 0.29) is 24.3 Å². The zero-order valence-corrected chi connectivity index (χ0v) is 13.3. The second kappa shape index (κ2) is 8.62. The van der Waals surface area contributed by atoms with Crippen LogP contribution in [-0.2, 0) is 4.79 Å². The summed E-state index contributed by atoms with van der Waals surface area (Å²) in [6, 6.07) is 4.94. The molecule has 1 N–H and O–H groups in total. The standard InChI is InChI=1S/C16H25FN2O2/c1-5-9-18-12(3)13-7-8-15(14(17)10-13)21-11-16(20)19(4)6-2/h7-8,10,12,18H,5-6,9,11H2,1-4H3. The normalized spacial score (nSPS) is 12.0. The van der Waals surface area contributed by atoms with Gasteiger partial charge in [-0.3, -0.25) is 4.79 Å². The number of rotatable bonds is 8. The summed E-state index contributed by atoms with van der Waals surface area (Å²) in [5, 5.41) is 3.30. The molecule has 0 bridgehead atoms. The summed E-state index contributed by atoms with van der Waals surface area (Å²) >= 11 is 0. The number of ether oxygens (including phenoxy) is 1. The molecule has 21 heavy (non-hydrogen) atoms. The van der Waals surface area contributed by atoms with Crippen LogP contribution < -0.4 is 10.1 Å². The zero-order valence-electron chi connectivity index (χ0n) is 13.3. The minimum Gasteiger partial charge on any atom is -0.481 e. The number of halogens is 1. The molecular weight excluding hydrogens is 271 g/mol. The molecular formula is C16H25FN2O2. The van der Waals surface area contributed by atoms with Gasteiger partial charge < -0.3 is 15.0 Å². The Morgan fingerprint density at radius 1 is 1.43 bits per heavy atom. The first-order chi connectivity index (χ1) is 9.99. The third kappa shape index (κ3) is 5.34. The summed E-state index contributed by atoms with van der Waals surface area (Å²) in [6.07, 6.45) is 1.03. The molecule has 0 aliphatic heterocycles. The Morgan fingerprint density at radius 2 is 2.14 bits per heavy atom. The Labute approximate surface area is 126 Å². The highest BCUT2D eigenvalue weighted by molar-refractivity contribution is 5.77. The first-order valence-corrected chi connectivity index (χ1v) is 7.39. The van der Waals surface area contributed by atoms with Crippen LogP contribution in [-0.4, -0.2) is 37.6 Å². The lowest BCUT2D eigenvalue weighted by Gasteiger charge is -2.16. The van der Waals surface area contributed by atoms with Gasteiger partial charge in [-0.25, -0.2) is 4.39 Å². The van der Waals surface area contributed by atoms with Gasteiger partial charge in [-0.2, -0.15) is 0 Å². The highest BCUT2D eigenvalue weighted by Gasteiger charge is 2.12. The fourth-order valence-corrected chi connectivity index (χ4v) is 1.81. The van der Waals surface area contributed by atoms with E-state index in [4.69, 9.17) is 4.74 Å². The van der Waals surface area contributed by atoms with E-state index in [0.717, 1.165) is 18.5 Å². The second-order valence-electron chi connectivity index (χ2n) is 5.06. The van der Waals surface area contributed by atoms with E-state index in [9.17, 15) is 9.18 Å².